The van der Waals surface area contributed by atoms with Crippen LogP contribution in [-0.4, -0.2) is 6.61 Å². The average Bonchev–Trinajstić information content (AvgIpc) is 2.38. The number of hydrogen-bond acceptors (Lipinski definition) is 1. The van der Waals surface area contributed by atoms with E-state index in [0.717, 1.165) is 12.4 Å². The molecule has 1 atom stereocenters. The number of ether oxygens (including phenoxy) is 1. The van der Waals surface area contributed by atoms with Crippen LogP contribution in [0.4, 0.5) is 0 Å². The fourth-order valence-electron chi connectivity index (χ4n) is 1.85. The summed E-state index contributed by atoms with van der Waals surface area (Å²) >= 11 is 0. The standard InChI is InChI=1S/C16H26O/c1-4-6-7-8-13-17-16-11-9-15(10-12-16)14(3)5-2/h9-12,14H,4-8,13H2,1-3H3. The van der Waals surface area contributed by atoms with Crippen LogP contribution >= 0.6 is 0 Å². The van der Waals surface area contributed by atoms with Crippen molar-refractivity contribution in [1.29, 1.82) is 0 Å². The van der Waals surface area contributed by atoms with Crippen molar-refractivity contribution in [3.8, 4) is 5.75 Å². The Labute approximate surface area is 106 Å². The molecule has 0 heterocycles. The fourth-order valence-corrected chi connectivity index (χ4v) is 1.85. The quantitative estimate of drug-likeness (QED) is 0.564. The van der Waals surface area contributed by atoms with Crippen LogP contribution in [0.3, 0.4) is 0 Å². The van der Waals surface area contributed by atoms with Crippen LogP contribution in [0.5, 0.6) is 5.75 Å². The van der Waals surface area contributed by atoms with E-state index in [1.165, 1.54) is 37.7 Å². The summed E-state index contributed by atoms with van der Waals surface area (Å²) in [5.74, 6) is 1.65. The topological polar surface area (TPSA) is 9.23 Å². The second-order valence-electron chi connectivity index (χ2n) is 4.79. The van der Waals surface area contributed by atoms with Gasteiger partial charge in [-0.05, 0) is 36.5 Å². The third-order valence-corrected chi connectivity index (χ3v) is 3.33. The van der Waals surface area contributed by atoms with Crippen molar-refractivity contribution in [3.05, 3.63) is 29.8 Å². The van der Waals surface area contributed by atoms with Crippen molar-refractivity contribution in [2.45, 2.75) is 58.8 Å². The van der Waals surface area contributed by atoms with E-state index in [0.29, 0.717) is 5.92 Å². The van der Waals surface area contributed by atoms with E-state index >= 15 is 0 Å². The van der Waals surface area contributed by atoms with Crippen LogP contribution < -0.4 is 4.74 Å². The Morgan fingerprint density at radius 1 is 1.00 bits per heavy atom. The van der Waals surface area contributed by atoms with Crippen molar-refractivity contribution in [2.75, 3.05) is 6.61 Å². The number of benzene rings is 1. The molecule has 17 heavy (non-hydrogen) atoms. The minimum absolute atomic E-state index is 0.647. The molecule has 0 saturated carbocycles. The van der Waals surface area contributed by atoms with Crippen LogP contribution in [0, 0.1) is 0 Å². The molecule has 1 rings (SSSR count). The molecule has 0 aliphatic rings. The van der Waals surface area contributed by atoms with E-state index < -0.39 is 0 Å². The van der Waals surface area contributed by atoms with Gasteiger partial charge in [0.25, 0.3) is 0 Å². The molecule has 0 saturated heterocycles. The van der Waals surface area contributed by atoms with Gasteiger partial charge >= 0.3 is 0 Å². The molecule has 96 valence electrons. The van der Waals surface area contributed by atoms with Crippen LogP contribution in [0.1, 0.15) is 64.4 Å². The molecular formula is C16H26O. The lowest BCUT2D eigenvalue weighted by atomic mass is 9.99. The van der Waals surface area contributed by atoms with Gasteiger partial charge in [0.15, 0.2) is 0 Å². The molecule has 0 aliphatic carbocycles. The Morgan fingerprint density at radius 3 is 2.29 bits per heavy atom. The van der Waals surface area contributed by atoms with Crippen LogP contribution in [-0.2, 0) is 0 Å². The van der Waals surface area contributed by atoms with E-state index in [1.807, 2.05) is 0 Å². The van der Waals surface area contributed by atoms with Crippen LogP contribution in [0.25, 0.3) is 0 Å². The molecule has 1 heteroatoms. The first-order valence-corrected chi connectivity index (χ1v) is 7.00. The smallest absolute Gasteiger partial charge is 0.119 e. The number of hydrogen-bond donors (Lipinski definition) is 0. The maximum atomic E-state index is 5.72. The van der Waals surface area contributed by atoms with E-state index in [1.54, 1.807) is 0 Å². The fraction of sp³-hybridized carbons (Fsp3) is 0.625. The third-order valence-electron chi connectivity index (χ3n) is 3.33. The van der Waals surface area contributed by atoms with Gasteiger partial charge in [-0.3, -0.25) is 0 Å². The lowest BCUT2D eigenvalue weighted by molar-refractivity contribution is 0.305. The van der Waals surface area contributed by atoms with Crippen molar-refractivity contribution in [2.24, 2.45) is 0 Å². The van der Waals surface area contributed by atoms with Crippen LogP contribution in [0.2, 0.25) is 0 Å². The van der Waals surface area contributed by atoms with Gasteiger partial charge in [-0.1, -0.05) is 52.2 Å². The molecule has 0 spiro atoms. The minimum Gasteiger partial charge on any atom is -0.494 e. The molecule has 0 amide bonds. The third kappa shape index (κ3) is 5.25. The lowest BCUT2D eigenvalue weighted by Crippen LogP contribution is -1.98. The summed E-state index contributed by atoms with van der Waals surface area (Å²) in [6.45, 7) is 7.57. The highest BCUT2D eigenvalue weighted by atomic mass is 16.5. The SMILES string of the molecule is CCCCCCOc1ccc(C(C)CC)cc1. The molecule has 0 aromatic heterocycles. The predicted octanol–water partition coefficient (Wildman–Crippen LogP) is 5.16. The summed E-state index contributed by atoms with van der Waals surface area (Å²) in [6, 6.07) is 8.58. The highest BCUT2D eigenvalue weighted by Gasteiger charge is 2.02. The van der Waals surface area contributed by atoms with Crippen LogP contribution in [0.15, 0.2) is 24.3 Å². The van der Waals surface area contributed by atoms with E-state index in [4.69, 9.17) is 4.74 Å². The summed E-state index contributed by atoms with van der Waals surface area (Å²) in [5.41, 5.74) is 1.41. The highest BCUT2D eigenvalue weighted by molar-refractivity contribution is 5.29. The molecule has 1 nitrogen and oxygen atoms in total. The van der Waals surface area contributed by atoms with Gasteiger partial charge in [0.2, 0.25) is 0 Å². The summed E-state index contributed by atoms with van der Waals surface area (Å²) in [6.07, 6.45) is 6.24. The molecule has 0 bridgehead atoms. The van der Waals surface area contributed by atoms with Gasteiger partial charge in [0, 0.05) is 0 Å². The van der Waals surface area contributed by atoms with Crippen molar-refractivity contribution < 1.29 is 4.74 Å². The molecule has 1 unspecified atom stereocenters. The second-order valence-corrected chi connectivity index (χ2v) is 4.79. The number of unbranched alkanes of at least 4 members (excludes halogenated alkanes) is 3. The van der Waals surface area contributed by atoms with Gasteiger partial charge in [-0.15, -0.1) is 0 Å². The average molecular weight is 234 g/mol. The first-order chi connectivity index (χ1) is 8.27. The van der Waals surface area contributed by atoms with Gasteiger partial charge in [-0.2, -0.15) is 0 Å². The highest BCUT2D eigenvalue weighted by Crippen LogP contribution is 2.21. The molecule has 0 N–H and O–H groups in total. The zero-order valence-corrected chi connectivity index (χ0v) is 11.5. The first kappa shape index (κ1) is 14.1. The maximum absolute atomic E-state index is 5.72. The summed E-state index contributed by atoms with van der Waals surface area (Å²) < 4.78 is 5.72. The Kier molecular flexibility index (Phi) is 6.76. The Hall–Kier alpha value is -0.980. The maximum Gasteiger partial charge on any atom is 0.119 e. The zero-order chi connectivity index (χ0) is 12.5. The predicted molar refractivity (Wildman–Crippen MR) is 74.8 cm³/mol. The zero-order valence-electron chi connectivity index (χ0n) is 11.5. The van der Waals surface area contributed by atoms with E-state index in [-0.39, 0.29) is 0 Å². The Bertz CT molecular complexity index is 289. The molecule has 0 aliphatic heterocycles. The lowest BCUT2D eigenvalue weighted by Gasteiger charge is -2.10. The normalized spacial score (nSPS) is 12.4. The Morgan fingerprint density at radius 2 is 1.71 bits per heavy atom. The van der Waals surface area contributed by atoms with Gasteiger partial charge in [0.05, 0.1) is 6.61 Å². The monoisotopic (exact) mass is 234 g/mol. The molecule has 1 aromatic rings. The van der Waals surface area contributed by atoms with E-state index in [9.17, 15) is 0 Å². The second kappa shape index (κ2) is 8.16. The van der Waals surface area contributed by atoms with Crippen molar-refractivity contribution in [3.63, 3.8) is 0 Å². The molecule has 0 fully saturated rings. The molecular weight excluding hydrogens is 208 g/mol. The molecule has 1 aromatic carbocycles. The summed E-state index contributed by atoms with van der Waals surface area (Å²) in [7, 11) is 0. The van der Waals surface area contributed by atoms with E-state index in [2.05, 4.69) is 45.0 Å². The van der Waals surface area contributed by atoms with Gasteiger partial charge in [-0.25, -0.2) is 0 Å². The number of rotatable bonds is 8. The van der Waals surface area contributed by atoms with Crippen molar-refractivity contribution >= 4 is 0 Å². The first-order valence-electron chi connectivity index (χ1n) is 7.00. The minimum atomic E-state index is 0.647. The summed E-state index contributed by atoms with van der Waals surface area (Å²) in [4.78, 5) is 0. The van der Waals surface area contributed by atoms with Crippen molar-refractivity contribution in [1.82, 2.24) is 0 Å². The van der Waals surface area contributed by atoms with Gasteiger partial charge in [0.1, 0.15) is 5.75 Å². The summed E-state index contributed by atoms with van der Waals surface area (Å²) in [5, 5.41) is 0. The molecule has 0 radical (unpaired) electrons. The van der Waals surface area contributed by atoms with Gasteiger partial charge < -0.3 is 4.74 Å². The Balaban J connectivity index is 2.30. The largest absolute Gasteiger partial charge is 0.494 e.